The summed E-state index contributed by atoms with van der Waals surface area (Å²) in [7, 11) is 1.41. The number of ketones is 1. The van der Waals surface area contributed by atoms with Crippen LogP contribution in [0.2, 0.25) is 0 Å². The van der Waals surface area contributed by atoms with Crippen LogP contribution < -0.4 is 0 Å². The smallest absolute Gasteiger partial charge is 0.305 e. The van der Waals surface area contributed by atoms with E-state index in [2.05, 4.69) is 6.92 Å². The van der Waals surface area contributed by atoms with Crippen molar-refractivity contribution in [3.63, 3.8) is 0 Å². The number of benzene rings is 1. The fourth-order valence-corrected chi connectivity index (χ4v) is 3.59. The lowest BCUT2D eigenvalue weighted by Crippen LogP contribution is -2.36. The molecule has 0 radical (unpaired) electrons. The van der Waals surface area contributed by atoms with Crippen molar-refractivity contribution in [1.29, 1.82) is 0 Å². The van der Waals surface area contributed by atoms with Gasteiger partial charge in [-0.25, -0.2) is 0 Å². The summed E-state index contributed by atoms with van der Waals surface area (Å²) in [6.45, 7) is 2.14. The SMILES string of the molecule is CC[C@H]1CCC[C@@H](CC(=O)OC)[C@@H]1C(=O)c1ccccc1. The zero-order valence-electron chi connectivity index (χ0n) is 12.9. The number of carbonyl (C=O) groups excluding carboxylic acids is 2. The second-order valence-corrected chi connectivity index (χ2v) is 5.90. The average Bonchev–Trinajstić information content (AvgIpc) is 2.54. The zero-order valence-corrected chi connectivity index (χ0v) is 12.9. The molecule has 0 saturated heterocycles. The molecular weight excluding hydrogens is 264 g/mol. The summed E-state index contributed by atoms with van der Waals surface area (Å²) in [6, 6.07) is 9.46. The summed E-state index contributed by atoms with van der Waals surface area (Å²) in [5.41, 5.74) is 0.762. The fraction of sp³-hybridized carbons (Fsp3) is 0.556. The minimum atomic E-state index is -0.206. The monoisotopic (exact) mass is 288 g/mol. The van der Waals surface area contributed by atoms with Gasteiger partial charge in [0.2, 0.25) is 0 Å². The maximum Gasteiger partial charge on any atom is 0.305 e. The first kappa shape index (κ1) is 15.7. The number of hydrogen-bond donors (Lipinski definition) is 0. The third kappa shape index (κ3) is 3.72. The van der Waals surface area contributed by atoms with Crippen LogP contribution >= 0.6 is 0 Å². The lowest BCUT2D eigenvalue weighted by molar-refractivity contribution is -0.142. The van der Waals surface area contributed by atoms with Gasteiger partial charge in [-0.05, 0) is 24.7 Å². The maximum atomic E-state index is 12.9. The number of hydrogen-bond acceptors (Lipinski definition) is 3. The first-order valence-corrected chi connectivity index (χ1v) is 7.83. The summed E-state index contributed by atoms with van der Waals surface area (Å²) in [4.78, 5) is 24.5. The van der Waals surface area contributed by atoms with Crippen molar-refractivity contribution < 1.29 is 14.3 Å². The molecule has 0 amide bonds. The van der Waals surface area contributed by atoms with Crippen molar-refractivity contribution in [2.75, 3.05) is 7.11 Å². The minimum Gasteiger partial charge on any atom is -0.469 e. The van der Waals surface area contributed by atoms with Gasteiger partial charge in [-0.15, -0.1) is 0 Å². The Morgan fingerprint density at radius 3 is 2.43 bits per heavy atom. The van der Waals surface area contributed by atoms with Crippen LogP contribution in [0.1, 0.15) is 49.4 Å². The maximum absolute atomic E-state index is 12.9. The standard InChI is InChI=1S/C18H24O3/c1-3-13-10-7-11-15(12-16(19)21-2)17(13)18(20)14-8-5-4-6-9-14/h4-6,8-9,13,15,17H,3,7,10-12H2,1-2H3/t13-,15-,17+/m0/s1. The Bertz CT molecular complexity index is 480. The molecular formula is C18H24O3. The molecule has 114 valence electrons. The van der Waals surface area contributed by atoms with Crippen LogP contribution in [0.5, 0.6) is 0 Å². The molecule has 3 atom stereocenters. The van der Waals surface area contributed by atoms with Crippen LogP contribution in [-0.4, -0.2) is 18.9 Å². The van der Waals surface area contributed by atoms with Gasteiger partial charge in [-0.2, -0.15) is 0 Å². The van der Waals surface area contributed by atoms with Crippen LogP contribution in [0, 0.1) is 17.8 Å². The van der Waals surface area contributed by atoms with Crippen molar-refractivity contribution in [2.45, 2.75) is 39.0 Å². The van der Waals surface area contributed by atoms with Crippen molar-refractivity contribution >= 4 is 11.8 Å². The van der Waals surface area contributed by atoms with Crippen molar-refractivity contribution in [1.82, 2.24) is 0 Å². The summed E-state index contributed by atoms with van der Waals surface area (Å²) in [6.07, 6.45) is 4.46. The highest BCUT2D eigenvalue weighted by atomic mass is 16.5. The van der Waals surface area contributed by atoms with E-state index >= 15 is 0 Å². The first-order chi connectivity index (χ1) is 10.2. The van der Waals surface area contributed by atoms with Gasteiger partial charge in [0.05, 0.1) is 7.11 Å². The van der Waals surface area contributed by atoms with Crippen LogP contribution in [0.25, 0.3) is 0 Å². The molecule has 1 saturated carbocycles. The molecule has 0 heterocycles. The molecule has 0 spiro atoms. The molecule has 1 aliphatic rings. The zero-order chi connectivity index (χ0) is 15.2. The molecule has 0 unspecified atom stereocenters. The van der Waals surface area contributed by atoms with Gasteiger partial charge in [-0.3, -0.25) is 9.59 Å². The van der Waals surface area contributed by atoms with Crippen LogP contribution in [0.3, 0.4) is 0 Å². The third-order valence-corrected chi connectivity index (χ3v) is 4.71. The highest BCUT2D eigenvalue weighted by Gasteiger charge is 2.38. The van der Waals surface area contributed by atoms with Gasteiger partial charge >= 0.3 is 5.97 Å². The lowest BCUT2D eigenvalue weighted by Gasteiger charge is -2.36. The van der Waals surface area contributed by atoms with Crippen molar-refractivity contribution in [3.05, 3.63) is 35.9 Å². The van der Waals surface area contributed by atoms with Gasteiger partial charge < -0.3 is 4.74 Å². The van der Waals surface area contributed by atoms with E-state index in [-0.39, 0.29) is 23.6 Å². The molecule has 21 heavy (non-hydrogen) atoms. The number of methoxy groups -OCH3 is 1. The number of carbonyl (C=O) groups is 2. The summed E-state index contributed by atoms with van der Waals surface area (Å²) in [5, 5.41) is 0. The van der Waals surface area contributed by atoms with Crippen LogP contribution in [-0.2, 0) is 9.53 Å². The summed E-state index contributed by atoms with van der Waals surface area (Å²) >= 11 is 0. The molecule has 0 aliphatic heterocycles. The molecule has 3 heteroatoms. The lowest BCUT2D eigenvalue weighted by atomic mass is 9.67. The van der Waals surface area contributed by atoms with E-state index in [0.717, 1.165) is 31.2 Å². The molecule has 1 aromatic carbocycles. The van der Waals surface area contributed by atoms with Crippen LogP contribution in [0.15, 0.2) is 30.3 Å². The molecule has 1 aliphatic carbocycles. The quantitative estimate of drug-likeness (QED) is 0.610. The Balaban J connectivity index is 2.23. The Hall–Kier alpha value is -1.64. The van der Waals surface area contributed by atoms with Gasteiger partial charge in [0.25, 0.3) is 0 Å². The normalized spacial score (nSPS) is 25.3. The summed E-state index contributed by atoms with van der Waals surface area (Å²) < 4.78 is 4.81. The third-order valence-electron chi connectivity index (χ3n) is 4.71. The molecule has 0 N–H and O–H groups in total. The average molecular weight is 288 g/mol. The van der Waals surface area contributed by atoms with E-state index in [0.29, 0.717) is 12.3 Å². The number of Topliss-reactive ketones (excluding diaryl/α,β-unsaturated/α-hetero) is 1. The van der Waals surface area contributed by atoms with Gasteiger partial charge in [0.15, 0.2) is 5.78 Å². The summed E-state index contributed by atoms with van der Waals surface area (Å²) in [5.74, 6) is 0.425. The number of ether oxygens (including phenoxy) is 1. The molecule has 2 rings (SSSR count). The Morgan fingerprint density at radius 2 is 1.81 bits per heavy atom. The number of esters is 1. The van der Waals surface area contributed by atoms with Crippen LogP contribution in [0.4, 0.5) is 0 Å². The second-order valence-electron chi connectivity index (χ2n) is 5.90. The molecule has 1 aromatic rings. The fourth-order valence-electron chi connectivity index (χ4n) is 3.59. The minimum absolute atomic E-state index is 0.0507. The molecule has 0 bridgehead atoms. The topological polar surface area (TPSA) is 43.4 Å². The van der Waals surface area contributed by atoms with Gasteiger partial charge in [0.1, 0.15) is 0 Å². The van der Waals surface area contributed by atoms with Crippen molar-refractivity contribution in [3.8, 4) is 0 Å². The highest BCUT2D eigenvalue weighted by molar-refractivity contribution is 5.98. The van der Waals surface area contributed by atoms with Crippen molar-refractivity contribution in [2.24, 2.45) is 17.8 Å². The van der Waals surface area contributed by atoms with E-state index < -0.39 is 0 Å². The largest absolute Gasteiger partial charge is 0.469 e. The highest BCUT2D eigenvalue weighted by Crippen LogP contribution is 2.40. The predicted molar refractivity (Wildman–Crippen MR) is 82.0 cm³/mol. The Kier molecular flexibility index (Phi) is 5.54. The Labute approximate surface area is 126 Å². The first-order valence-electron chi connectivity index (χ1n) is 7.83. The van der Waals surface area contributed by atoms with E-state index in [1.807, 2.05) is 30.3 Å². The molecule has 3 nitrogen and oxygen atoms in total. The van der Waals surface area contributed by atoms with E-state index in [1.54, 1.807) is 0 Å². The number of rotatable bonds is 5. The van der Waals surface area contributed by atoms with Gasteiger partial charge in [-0.1, -0.05) is 50.1 Å². The second kappa shape index (κ2) is 7.39. The molecule has 0 aromatic heterocycles. The Morgan fingerprint density at radius 1 is 1.14 bits per heavy atom. The molecule has 1 fully saturated rings. The van der Waals surface area contributed by atoms with E-state index in [4.69, 9.17) is 4.74 Å². The van der Waals surface area contributed by atoms with E-state index in [9.17, 15) is 9.59 Å². The predicted octanol–water partition coefficient (Wildman–Crippen LogP) is 3.87. The van der Waals surface area contributed by atoms with Gasteiger partial charge in [0, 0.05) is 17.9 Å². The van der Waals surface area contributed by atoms with E-state index in [1.165, 1.54) is 7.11 Å².